The Kier molecular flexibility index (Phi) is 3.48. The maximum atomic E-state index is 13.4. The first-order chi connectivity index (χ1) is 9.28. The first-order valence-electron chi connectivity index (χ1n) is 6.35. The first-order valence-corrected chi connectivity index (χ1v) is 7.23. The van der Waals surface area contributed by atoms with Crippen LogP contribution in [0.25, 0.3) is 0 Å². The van der Waals surface area contributed by atoms with Gasteiger partial charge in [-0.25, -0.2) is 4.39 Å². The number of benzene rings is 1. The number of nitrogens with one attached hydrogen (secondary N) is 1. The molecule has 0 aliphatic carbocycles. The second-order valence-corrected chi connectivity index (χ2v) is 5.46. The van der Waals surface area contributed by atoms with Crippen molar-refractivity contribution in [2.24, 2.45) is 0 Å². The highest BCUT2D eigenvalue weighted by molar-refractivity contribution is 7.09. The van der Waals surface area contributed by atoms with Crippen LogP contribution in [0.15, 0.2) is 29.9 Å². The minimum Gasteiger partial charge on any atom is -0.484 e. The van der Waals surface area contributed by atoms with Gasteiger partial charge in [0.1, 0.15) is 17.7 Å². The molecule has 3 rings (SSSR count). The number of hydrogen-bond donors (Lipinski definition) is 1. The number of nitrogens with zero attached hydrogens (tertiary/aromatic N) is 1. The highest BCUT2D eigenvalue weighted by atomic mass is 32.1. The van der Waals surface area contributed by atoms with Crippen LogP contribution in [-0.2, 0) is 0 Å². The molecule has 1 aliphatic heterocycles. The molecule has 0 radical (unpaired) electrons. The number of rotatable bonds is 3. The summed E-state index contributed by atoms with van der Waals surface area (Å²) in [5.74, 6) is 0.540. The predicted molar refractivity (Wildman–Crippen MR) is 72.9 cm³/mol. The smallest absolute Gasteiger partial charge is 0.136 e. The minimum atomic E-state index is -0.221. The van der Waals surface area contributed by atoms with Crippen molar-refractivity contribution >= 4 is 11.3 Å². The number of ether oxygens (including phenoxy) is 1. The van der Waals surface area contributed by atoms with E-state index in [0.717, 1.165) is 29.2 Å². The van der Waals surface area contributed by atoms with Gasteiger partial charge in [0.2, 0.25) is 0 Å². The summed E-state index contributed by atoms with van der Waals surface area (Å²) in [6.45, 7) is 2.90. The fourth-order valence-corrected chi connectivity index (χ4v) is 3.10. The van der Waals surface area contributed by atoms with Gasteiger partial charge in [0.25, 0.3) is 0 Å². The van der Waals surface area contributed by atoms with Crippen LogP contribution in [0.2, 0.25) is 0 Å². The van der Waals surface area contributed by atoms with Crippen LogP contribution in [0, 0.1) is 5.82 Å². The van der Waals surface area contributed by atoms with E-state index in [-0.39, 0.29) is 18.0 Å². The molecule has 1 aliphatic rings. The Bertz CT molecular complexity index is 559. The molecule has 1 N–H and O–H groups in total. The van der Waals surface area contributed by atoms with Crippen LogP contribution in [-0.4, -0.2) is 11.5 Å². The predicted octanol–water partition coefficient (Wildman–Crippen LogP) is 3.46. The third-order valence-corrected chi connectivity index (χ3v) is 4.15. The van der Waals surface area contributed by atoms with Gasteiger partial charge < -0.3 is 10.1 Å². The molecule has 1 aromatic carbocycles. The average molecular weight is 278 g/mol. The molecule has 0 bridgehead atoms. The Morgan fingerprint density at radius 2 is 2.42 bits per heavy atom. The molecule has 0 saturated carbocycles. The van der Waals surface area contributed by atoms with Crippen LogP contribution < -0.4 is 10.1 Å². The molecule has 0 fully saturated rings. The van der Waals surface area contributed by atoms with Gasteiger partial charge >= 0.3 is 0 Å². The van der Waals surface area contributed by atoms with Crippen molar-refractivity contribution in [2.75, 3.05) is 6.54 Å². The Morgan fingerprint density at radius 3 is 3.16 bits per heavy atom. The molecule has 5 heteroatoms. The second-order valence-electron chi connectivity index (χ2n) is 4.54. The fourth-order valence-electron chi connectivity index (χ4n) is 2.44. The largest absolute Gasteiger partial charge is 0.484 e. The van der Waals surface area contributed by atoms with E-state index in [9.17, 15) is 4.39 Å². The number of hydrogen-bond acceptors (Lipinski definition) is 4. The lowest BCUT2D eigenvalue weighted by Crippen LogP contribution is -2.28. The maximum Gasteiger partial charge on any atom is 0.136 e. The summed E-state index contributed by atoms with van der Waals surface area (Å²) < 4.78 is 19.4. The van der Waals surface area contributed by atoms with Gasteiger partial charge in [-0.2, -0.15) is 0 Å². The van der Waals surface area contributed by atoms with Gasteiger partial charge in [-0.1, -0.05) is 6.92 Å². The quantitative estimate of drug-likeness (QED) is 0.933. The number of halogens is 1. The summed E-state index contributed by atoms with van der Waals surface area (Å²) in [6.07, 6.45) is 2.63. The Labute approximate surface area is 115 Å². The lowest BCUT2D eigenvalue weighted by molar-refractivity contribution is 0.154. The Hall–Kier alpha value is -1.46. The summed E-state index contributed by atoms with van der Waals surface area (Å²) in [6, 6.07) is 4.83. The van der Waals surface area contributed by atoms with Gasteiger partial charge in [-0.15, -0.1) is 11.3 Å². The molecular formula is C14H15FN2OS. The molecule has 1 aromatic heterocycles. The molecule has 0 saturated heterocycles. The van der Waals surface area contributed by atoms with Crippen molar-refractivity contribution in [2.45, 2.75) is 25.5 Å². The zero-order chi connectivity index (χ0) is 13.2. The van der Waals surface area contributed by atoms with Crippen LogP contribution in [0.4, 0.5) is 4.39 Å². The molecule has 2 aromatic rings. The molecule has 0 amide bonds. The van der Waals surface area contributed by atoms with Crippen molar-refractivity contribution in [3.8, 4) is 5.75 Å². The van der Waals surface area contributed by atoms with Crippen molar-refractivity contribution < 1.29 is 9.13 Å². The van der Waals surface area contributed by atoms with Crippen molar-refractivity contribution in [1.82, 2.24) is 10.3 Å². The van der Waals surface area contributed by atoms with E-state index in [4.69, 9.17) is 4.74 Å². The van der Waals surface area contributed by atoms with Crippen LogP contribution in [0.1, 0.15) is 35.9 Å². The van der Waals surface area contributed by atoms with E-state index in [2.05, 4.69) is 17.2 Å². The standard InChI is InChI=1S/C14H15FN2OS/c1-2-17-11-6-13(14-7-16-8-19-14)18-12-4-3-9(15)5-10(11)12/h3-5,7-8,11,13,17H,2,6H2,1H3. The first kappa shape index (κ1) is 12.6. The van der Waals surface area contributed by atoms with E-state index >= 15 is 0 Å². The molecule has 3 nitrogen and oxygen atoms in total. The van der Waals surface area contributed by atoms with E-state index in [0.29, 0.717) is 0 Å². The Balaban J connectivity index is 1.95. The number of thiazole rings is 1. The van der Waals surface area contributed by atoms with Crippen LogP contribution >= 0.6 is 11.3 Å². The fraction of sp³-hybridized carbons (Fsp3) is 0.357. The summed E-state index contributed by atoms with van der Waals surface area (Å²) in [4.78, 5) is 5.21. The zero-order valence-corrected chi connectivity index (χ0v) is 11.4. The van der Waals surface area contributed by atoms with E-state index in [1.807, 2.05) is 6.20 Å². The van der Waals surface area contributed by atoms with Gasteiger partial charge in [0, 0.05) is 24.2 Å². The van der Waals surface area contributed by atoms with E-state index in [1.54, 1.807) is 29.0 Å². The zero-order valence-electron chi connectivity index (χ0n) is 10.6. The molecule has 2 atom stereocenters. The SMILES string of the molecule is CCNC1CC(c2cncs2)Oc2ccc(F)cc21. The topological polar surface area (TPSA) is 34.2 Å². The Morgan fingerprint density at radius 1 is 1.53 bits per heavy atom. The van der Waals surface area contributed by atoms with Crippen molar-refractivity contribution in [3.05, 3.63) is 46.2 Å². The molecule has 19 heavy (non-hydrogen) atoms. The molecular weight excluding hydrogens is 263 g/mol. The van der Waals surface area contributed by atoms with Gasteiger partial charge in [-0.05, 0) is 24.7 Å². The van der Waals surface area contributed by atoms with Crippen LogP contribution in [0.3, 0.4) is 0 Å². The lowest BCUT2D eigenvalue weighted by Gasteiger charge is -2.32. The highest BCUT2D eigenvalue weighted by Gasteiger charge is 2.29. The van der Waals surface area contributed by atoms with Gasteiger partial charge in [0.15, 0.2) is 0 Å². The van der Waals surface area contributed by atoms with Gasteiger partial charge in [0.05, 0.1) is 10.4 Å². The average Bonchev–Trinajstić information content (AvgIpc) is 2.93. The molecule has 2 heterocycles. The summed E-state index contributed by atoms with van der Waals surface area (Å²) in [5.41, 5.74) is 2.71. The lowest BCUT2D eigenvalue weighted by atomic mass is 9.96. The number of aromatic nitrogens is 1. The number of fused-ring (bicyclic) bond motifs is 1. The minimum absolute atomic E-state index is 0.00508. The normalized spacial score (nSPS) is 21.8. The third kappa shape index (κ3) is 2.48. The molecule has 100 valence electrons. The van der Waals surface area contributed by atoms with Gasteiger partial charge in [-0.3, -0.25) is 4.98 Å². The maximum absolute atomic E-state index is 13.4. The summed E-state index contributed by atoms with van der Waals surface area (Å²) in [5, 5.41) is 3.40. The molecule has 2 unspecified atom stereocenters. The summed E-state index contributed by atoms with van der Waals surface area (Å²) >= 11 is 1.59. The second kappa shape index (κ2) is 5.27. The summed E-state index contributed by atoms with van der Waals surface area (Å²) in [7, 11) is 0. The van der Waals surface area contributed by atoms with Crippen molar-refractivity contribution in [3.63, 3.8) is 0 Å². The molecule has 0 spiro atoms. The van der Waals surface area contributed by atoms with Crippen molar-refractivity contribution in [1.29, 1.82) is 0 Å². The third-order valence-electron chi connectivity index (χ3n) is 3.29. The highest BCUT2D eigenvalue weighted by Crippen LogP contribution is 2.41. The monoisotopic (exact) mass is 278 g/mol. The van der Waals surface area contributed by atoms with E-state index < -0.39 is 0 Å². The van der Waals surface area contributed by atoms with E-state index in [1.165, 1.54) is 6.07 Å². The van der Waals surface area contributed by atoms with Crippen LogP contribution in [0.5, 0.6) is 5.75 Å².